The van der Waals surface area contributed by atoms with Crippen molar-refractivity contribution < 1.29 is 24.9 Å². The molecule has 0 saturated carbocycles. The Hall–Kier alpha value is -1.39. The van der Waals surface area contributed by atoms with Crippen LogP contribution < -0.4 is 10.9 Å². The van der Waals surface area contributed by atoms with E-state index in [0.717, 1.165) is 0 Å². The number of fused-ring (bicyclic) bond motifs is 1. The van der Waals surface area contributed by atoms with E-state index in [2.05, 4.69) is 20.3 Å². The lowest BCUT2D eigenvalue weighted by atomic mass is 10.1. The number of imidazole rings is 1. The first-order valence-electron chi connectivity index (χ1n) is 10.7. The summed E-state index contributed by atoms with van der Waals surface area (Å²) in [6.07, 6.45) is -0.969. The number of nitrogens with one attached hydrogen (secondary N) is 2. The smallest absolute Gasteiger partial charge is 0.280 e. The molecule has 4 atom stereocenters. The molecule has 3 heterocycles. The van der Waals surface area contributed by atoms with E-state index in [4.69, 9.17) is 4.74 Å². The maximum atomic E-state index is 12.6. The summed E-state index contributed by atoms with van der Waals surface area (Å²) in [5.74, 6) is -0.734. The van der Waals surface area contributed by atoms with Gasteiger partial charge in [0.2, 0.25) is 11.9 Å². The number of aromatic amines is 1. The molecule has 2 aromatic heterocycles. The molecule has 3 rings (SSSR count). The minimum absolute atomic E-state index is 0.0110. The molecule has 0 radical (unpaired) electrons. The molecule has 5 N–H and O–H groups in total. The number of ether oxygens (including phenoxy) is 1. The number of hydrogen-bond donors (Lipinski definition) is 5. The number of carbonyl (C=O) groups excluding carboxylic acids is 1. The first-order valence-corrected chi connectivity index (χ1v) is 14.8. The van der Waals surface area contributed by atoms with Gasteiger partial charge in [-0.15, -0.1) is 0 Å². The highest BCUT2D eigenvalue weighted by Gasteiger charge is 2.73. The number of alkyl halides is 1. The molecular weight excluding hydrogens is 561 g/mol. The van der Waals surface area contributed by atoms with Gasteiger partial charge in [-0.1, -0.05) is 47.7 Å². The molecule has 0 aliphatic carbocycles. The summed E-state index contributed by atoms with van der Waals surface area (Å²) in [6, 6.07) is 0. The summed E-state index contributed by atoms with van der Waals surface area (Å²) in [5.41, 5.74) is -0.510. The molecule has 1 fully saturated rings. The van der Waals surface area contributed by atoms with Crippen molar-refractivity contribution in [3.63, 3.8) is 0 Å². The van der Waals surface area contributed by atoms with Gasteiger partial charge in [-0.3, -0.25) is 24.5 Å². The molecule has 1 amide bonds. The number of rotatable bonds is 5. The Morgan fingerprint density at radius 1 is 1.39 bits per heavy atom. The normalized spacial score (nSPS) is 28.6. The topological polar surface area (TPSA) is 163 Å². The number of hydrogen-bond acceptors (Lipinski definition) is 8. The van der Waals surface area contributed by atoms with Crippen molar-refractivity contribution in [3.05, 3.63) is 16.7 Å². The fourth-order valence-electron chi connectivity index (χ4n) is 3.93. The van der Waals surface area contributed by atoms with Crippen molar-refractivity contribution in [1.29, 1.82) is 0 Å². The zero-order valence-corrected chi connectivity index (χ0v) is 23.0. The van der Waals surface area contributed by atoms with Gasteiger partial charge < -0.3 is 20.1 Å². The van der Waals surface area contributed by atoms with Gasteiger partial charge in [0.05, 0.1) is 12.9 Å². The van der Waals surface area contributed by atoms with Crippen LogP contribution in [0.2, 0.25) is 18.1 Å². The second kappa shape index (κ2) is 8.37. The molecule has 1 aliphatic heterocycles. The number of halogens is 1. The lowest BCUT2D eigenvalue weighted by molar-refractivity contribution is -0.118. The van der Waals surface area contributed by atoms with Crippen molar-refractivity contribution in [2.75, 3.05) is 11.9 Å². The van der Waals surface area contributed by atoms with Crippen LogP contribution in [0.25, 0.3) is 11.2 Å². The number of aliphatic hydroxyl groups excluding tert-OH is 1. The van der Waals surface area contributed by atoms with Crippen molar-refractivity contribution in [3.8, 4) is 0 Å². The van der Waals surface area contributed by atoms with E-state index in [1.165, 1.54) is 10.9 Å². The number of nitrogens with zero attached hydrogens (tertiary/aromatic N) is 3. The highest BCUT2D eigenvalue weighted by Crippen LogP contribution is 2.59. The summed E-state index contributed by atoms with van der Waals surface area (Å²) in [6.45, 7) is 12.7. The van der Waals surface area contributed by atoms with Gasteiger partial charge in [-0.05, 0) is 27.6 Å². The van der Waals surface area contributed by atoms with Gasteiger partial charge in [0.1, 0.15) is 19.4 Å². The zero-order valence-electron chi connectivity index (χ0n) is 19.8. The highest BCUT2D eigenvalue weighted by molar-refractivity contribution is 14.1. The van der Waals surface area contributed by atoms with E-state index < -0.39 is 41.4 Å². The van der Waals surface area contributed by atoms with Gasteiger partial charge >= 0.3 is 0 Å². The average molecular weight is 593 g/mol. The first-order chi connectivity index (χ1) is 15.0. The van der Waals surface area contributed by atoms with Crippen LogP contribution in [0.4, 0.5) is 5.95 Å². The Morgan fingerprint density at radius 3 is 2.52 bits per heavy atom. The number of amides is 1. The molecular formula is C20H32IN5O6Si. The second-order valence-corrected chi connectivity index (χ2v) is 17.5. The molecule has 13 heteroatoms. The molecule has 184 valence electrons. The lowest BCUT2D eigenvalue weighted by Gasteiger charge is -2.53. The number of carbonyl (C=O) groups is 1. The largest absolute Gasteiger partial charge is 0.394 e. The van der Waals surface area contributed by atoms with Crippen molar-refractivity contribution in [2.45, 2.75) is 73.9 Å². The van der Waals surface area contributed by atoms with E-state index >= 15 is 0 Å². The van der Waals surface area contributed by atoms with E-state index in [9.17, 15) is 24.9 Å². The lowest BCUT2D eigenvalue weighted by Crippen LogP contribution is -2.71. The molecule has 0 unspecified atom stereocenters. The Morgan fingerprint density at radius 2 is 2.00 bits per heavy atom. The Balaban J connectivity index is 2.25. The van der Waals surface area contributed by atoms with Gasteiger partial charge in [0, 0.05) is 5.92 Å². The number of aromatic nitrogens is 4. The van der Waals surface area contributed by atoms with Crippen LogP contribution in [-0.4, -0.2) is 70.4 Å². The van der Waals surface area contributed by atoms with Crippen LogP contribution in [0.15, 0.2) is 11.1 Å². The van der Waals surface area contributed by atoms with Crippen LogP contribution in [-0.2, 0) is 9.53 Å². The second-order valence-electron chi connectivity index (χ2n) is 10.4. The maximum Gasteiger partial charge on any atom is 0.280 e. The summed E-state index contributed by atoms with van der Waals surface area (Å²) < 4.78 is 5.60. The Kier molecular flexibility index (Phi) is 6.65. The third kappa shape index (κ3) is 3.85. The predicted molar refractivity (Wildman–Crippen MR) is 134 cm³/mol. The van der Waals surface area contributed by atoms with E-state index in [1.54, 1.807) is 36.4 Å². The molecule has 33 heavy (non-hydrogen) atoms. The Labute approximate surface area is 206 Å². The maximum absolute atomic E-state index is 12.6. The van der Waals surface area contributed by atoms with Crippen LogP contribution in [0.1, 0.15) is 40.8 Å². The van der Waals surface area contributed by atoms with Crippen LogP contribution in [0.5, 0.6) is 0 Å². The van der Waals surface area contributed by atoms with E-state index in [-0.39, 0.29) is 34.0 Å². The van der Waals surface area contributed by atoms with Crippen LogP contribution in [0, 0.1) is 5.92 Å². The van der Waals surface area contributed by atoms with E-state index in [0.29, 0.717) is 0 Å². The molecule has 0 spiro atoms. The van der Waals surface area contributed by atoms with Gasteiger partial charge in [0.25, 0.3) is 5.56 Å². The highest BCUT2D eigenvalue weighted by atomic mass is 127. The molecule has 1 aliphatic rings. The predicted octanol–water partition coefficient (Wildman–Crippen LogP) is 1.51. The average Bonchev–Trinajstić information content (AvgIpc) is 3.18. The Bertz CT molecular complexity index is 1120. The fourth-order valence-corrected chi connectivity index (χ4v) is 9.57. The standard InChI is InChI=1S/C20H32IN5O6Si/c1-10(2)14(28)24-17-23-13-12(15(29)25-17)22-9-26(13)16-20(31,33(6,7)18(3,4)5)19(21,30)11(8-27)32-16/h9-11,16,27,30-31H,8H2,1-7H3,(H2,23,24,25,28,29)/t11-,16-,19-,20-/m1/s1. The summed E-state index contributed by atoms with van der Waals surface area (Å²) in [5, 5.41) is 34.1. The zero-order chi connectivity index (χ0) is 25.1. The molecule has 11 nitrogen and oxygen atoms in total. The molecule has 0 bridgehead atoms. The SMILES string of the molecule is CC(C)C(=O)Nc1nc2c(ncn2[C@@H]2O[C@H](CO)[C@](O)(I)[C@]2(O)[Si](C)(C)C(C)(C)C)c(=O)[nH]1. The number of H-pyrrole nitrogens is 1. The minimum atomic E-state index is -2.83. The van der Waals surface area contributed by atoms with Gasteiger partial charge in [0.15, 0.2) is 21.0 Å². The van der Waals surface area contributed by atoms with Crippen molar-refractivity contribution in [2.24, 2.45) is 5.92 Å². The summed E-state index contributed by atoms with van der Waals surface area (Å²) in [4.78, 5) is 35.8. The van der Waals surface area contributed by atoms with Gasteiger partial charge in [-0.2, -0.15) is 4.98 Å². The minimum Gasteiger partial charge on any atom is -0.394 e. The van der Waals surface area contributed by atoms with Crippen LogP contribution in [0.3, 0.4) is 0 Å². The van der Waals surface area contributed by atoms with Gasteiger partial charge in [-0.25, -0.2) is 4.98 Å². The van der Waals surface area contributed by atoms with Crippen LogP contribution >= 0.6 is 22.6 Å². The number of anilines is 1. The van der Waals surface area contributed by atoms with E-state index in [1.807, 2.05) is 33.9 Å². The first kappa shape index (κ1) is 26.2. The van der Waals surface area contributed by atoms with Crippen molar-refractivity contribution >= 4 is 53.7 Å². The number of aliphatic hydroxyl groups is 3. The third-order valence-corrected chi connectivity index (χ3v) is 15.4. The molecule has 1 saturated heterocycles. The quantitative estimate of drug-likeness (QED) is 0.198. The summed E-state index contributed by atoms with van der Waals surface area (Å²) >= 11 is 1.75. The third-order valence-electron chi connectivity index (χ3n) is 7.06. The molecule has 2 aromatic rings. The summed E-state index contributed by atoms with van der Waals surface area (Å²) in [7, 11) is -2.83. The molecule has 0 aromatic carbocycles. The van der Waals surface area contributed by atoms with Crippen molar-refractivity contribution in [1.82, 2.24) is 19.5 Å². The fraction of sp³-hybridized carbons (Fsp3) is 0.700. The monoisotopic (exact) mass is 593 g/mol.